The predicted molar refractivity (Wildman–Crippen MR) is 68.6 cm³/mol. The van der Waals surface area contributed by atoms with Crippen LogP contribution in [-0.2, 0) is 0 Å². The molecule has 0 aliphatic carbocycles. The summed E-state index contributed by atoms with van der Waals surface area (Å²) >= 11 is 4.63. The zero-order valence-electron chi connectivity index (χ0n) is 7.37. The molecule has 6 heteroatoms. The fraction of sp³-hybridized carbons (Fsp3) is 0.833. The van der Waals surface area contributed by atoms with Crippen LogP contribution in [0.1, 0.15) is 6.42 Å². The molecule has 3 nitrogen and oxygen atoms in total. The highest BCUT2D eigenvalue weighted by Crippen LogP contribution is 1.79. The molecule has 0 radical (unpaired) electrons. The first kappa shape index (κ1) is 18.4. The summed E-state index contributed by atoms with van der Waals surface area (Å²) in [4.78, 5) is 2.13. The van der Waals surface area contributed by atoms with Gasteiger partial charge < -0.3 is 16.0 Å². The summed E-state index contributed by atoms with van der Waals surface area (Å²) in [5, 5.41) is 3.27. The number of rotatable bonds is 4. The minimum absolute atomic E-state index is 0. The average molecular weight is 323 g/mol. The summed E-state index contributed by atoms with van der Waals surface area (Å²) in [7, 11) is 4.08. The summed E-state index contributed by atoms with van der Waals surface area (Å²) in [5.74, 6) is 0. The molecule has 0 bridgehead atoms. The zero-order chi connectivity index (χ0) is 7.98. The van der Waals surface area contributed by atoms with Crippen molar-refractivity contribution >= 4 is 51.3 Å². The topological polar surface area (TPSA) is 41.3 Å². The summed E-state index contributed by atoms with van der Waals surface area (Å²) < 4.78 is 0. The molecule has 0 fully saturated rings. The van der Waals surface area contributed by atoms with Gasteiger partial charge in [-0.25, -0.2) is 0 Å². The van der Waals surface area contributed by atoms with Crippen LogP contribution in [0.15, 0.2) is 0 Å². The van der Waals surface area contributed by atoms with Crippen molar-refractivity contribution in [2.75, 3.05) is 27.2 Å². The fourth-order valence-corrected chi connectivity index (χ4v) is 0.709. The van der Waals surface area contributed by atoms with E-state index in [4.69, 9.17) is 5.73 Å². The van der Waals surface area contributed by atoms with Crippen LogP contribution in [-0.4, -0.2) is 37.2 Å². The van der Waals surface area contributed by atoms with Crippen molar-refractivity contribution in [2.45, 2.75) is 6.42 Å². The highest BCUT2D eigenvalue weighted by atomic mass is 79.9. The molecule has 0 saturated carbocycles. The smallest absolute Gasteiger partial charge is 0.163 e. The van der Waals surface area contributed by atoms with Crippen LogP contribution in [0.4, 0.5) is 0 Å². The minimum Gasteiger partial charge on any atom is -0.376 e. The summed E-state index contributed by atoms with van der Waals surface area (Å²) in [6, 6.07) is 0. The Bertz CT molecular complexity index is 111. The van der Waals surface area contributed by atoms with Gasteiger partial charge in [0.25, 0.3) is 0 Å². The SMILES string of the molecule is Br.Br.CN(C)CCCNC(N)=S. The van der Waals surface area contributed by atoms with Crippen LogP contribution in [0.3, 0.4) is 0 Å². The van der Waals surface area contributed by atoms with Crippen molar-refractivity contribution in [3.63, 3.8) is 0 Å². The number of hydrogen-bond acceptors (Lipinski definition) is 2. The number of halogens is 2. The van der Waals surface area contributed by atoms with Crippen LogP contribution in [0.25, 0.3) is 0 Å². The second-order valence-corrected chi connectivity index (χ2v) is 2.89. The Balaban J connectivity index is -0.000000405. The molecule has 0 rings (SSSR count). The highest BCUT2D eigenvalue weighted by molar-refractivity contribution is 8.93. The largest absolute Gasteiger partial charge is 0.376 e. The standard InChI is InChI=1S/C6H15N3S.2BrH/c1-9(2)5-3-4-8-6(7)10;;/h3-5H2,1-2H3,(H3,7,8,10);2*1H. The third-order valence-corrected chi connectivity index (χ3v) is 1.23. The van der Waals surface area contributed by atoms with Crippen LogP contribution < -0.4 is 11.1 Å². The molecule has 0 aliphatic rings. The Hall–Kier alpha value is 0.610. The first-order valence-corrected chi connectivity index (χ1v) is 3.72. The Kier molecular flexibility index (Phi) is 17.8. The first-order valence-electron chi connectivity index (χ1n) is 3.31. The lowest BCUT2D eigenvalue weighted by Crippen LogP contribution is -2.31. The normalized spacial score (nSPS) is 8.25. The molecule has 0 atom stereocenters. The Morgan fingerprint density at radius 1 is 1.42 bits per heavy atom. The maximum Gasteiger partial charge on any atom is 0.163 e. The Morgan fingerprint density at radius 2 is 1.92 bits per heavy atom. The monoisotopic (exact) mass is 321 g/mol. The zero-order valence-corrected chi connectivity index (χ0v) is 11.6. The van der Waals surface area contributed by atoms with E-state index in [0.29, 0.717) is 5.11 Å². The van der Waals surface area contributed by atoms with Gasteiger partial charge in [-0.15, -0.1) is 34.0 Å². The second-order valence-electron chi connectivity index (χ2n) is 2.45. The van der Waals surface area contributed by atoms with Crippen molar-refractivity contribution in [3.05, 3.63) is 0 Å². The second kappa shape index (κ2) is 11.6. The van der Waals surface area contributed by atoms with Crippen molar-refractivity contribution < 1.29 is 0 Å². The molecule has 76 valence electrons. The van der Waals surface area contributed by atoms with Gasteiger partial charge in [-0.2, -0.15) is 0 Å². The molecule has 0 unspecified atom stereocenters. The van der Waals surface area contributed by atoms with Gasteiger partial charge in [0.2, 0.25) is 0 Å². The molecule has 0 spiro atoms. The number of thiocarbonyl (C=S) groups is 1. The van der Waals surface area contributed by atoms with E-state index in [0.717, 1.165) is 19.5 Å². The van der Waals surface area contributed by atoms with Gasteiger partial charge in [0.1, 0.15) is 0 Å². The quantitative estimate of drug-likeness (QED) is 0.597. The van der Waals surface area contributed by atoms with E-state index in [1.807, 2.05) is 14.1 Å². The molecule has 0 heterocycles. The van der Waals surface area contributed by atoms with Gasteiger partial charge >= 0.3 is 0 Å². The molecule has 0 saturated heterocycles. The first-order chi connectivity index (χ1) is 4.63. The summed E-state index contributed by atoms with van der Waals surface area (Å²) in [6.45, 7) is 1.93. The van der Waals surface area contributed by atoms with Crippen LogP contribution >= 0.6 is 46.2 Å². The van der Waals surface area contributed by atoms with E-state index in [1.54, 1.807) is 0 Å². The predicted octanol–water partition coefficient (Wildman–Crippen LogP) is 0.927. The summed E-state index contributed by atoms with van der Waals surface area (Å²) in [6.07, 6.45) is 1.07. The Morgan fingerprint density at radius 3 is 2.25 bits per heavy atom. The number of nitrogens with two attached hydrogens (primary N) is 1. The fourth-order valence-electron chi connectivity index (χ4n) is 0.607. The van der Waals surface area contributed by atoms with E-state index in [-0.39, 0.29) is 34.0 Å². The molecule has 0 amide bonds. The van der Waals surface area contributed by atoms with Gasteiger partial charge in [0.15, 0.2) is 5.11 Å². The van der Waals surface area contributed by atoms with Crippen molar-refractivity contribution in [1.82, 2.24) is 10.2 Å². The lowest BCUT2D eigenvalue weighted by Gasteiger charge is -2.09. The number of nitrogens with one attached hydrogen (secondary N) is 1. The number of nitrogens with zero attached hydrogens (tertiary/aromatic N) is 1. The maximum absolute atomic E-state index is 5.22. The number of hydrogen-bond donors (Lipinski definition) is 2. The molecule has 0 aromatic rings. The van der Waals surface area contributed by atoms with Gasteiger partial charge in [0.05, 0.1) is 0 Å². The molecular weight excluding hydrogens is 306 g/mol. The van der Waals surface area contributed by atoms with Crippen LogP contribution in [0.5, 0.6) is 0 Å². The van der Waals surface area contributed by atoms with E-state index >= 15 is 0 Å². The Labute approximate surface area is 101 Å². The minimum atomic E-state index is 0. The van der Waals surface area contributed by atoms with E-state index in [2.05, 4.69) is 22.4 Å². The van der Waals surface area contributed by atoms with Gasteiger partial charge in [-0.3, -0.25) is 0 Å². The highest BCUT2D eigenvalue weighted by Gasteiger charge is 1.89. The lowest BCUT2D eigenvalue weighted by atomic mass is 10.4. The molecular formula is C6H17Br2N3S. The van der Waals surface area contributed by atoms with Gasteiger partial charge in [-0.1, -0.05) is 0 Å². The third kappa shape index (κ3) is 16.9. The molecule has 0 aliphatic heterocycles. The van der Waals surface area contributed by atoms with Gasteiger partial charge in [0, 0.05) is 6.54 Å². The van der Waals surface area contributed by atoms with Crippen molar-refractivity contribution in [2.24, 2.45) is 5.73 Å². The third-order valence-electron chi connectivity index (χ3n) is 1.08. The van der Waals surface area contributed by atoms with Gasteiger partial charge in [-0.05, 0) is 39.3 Å². The van der Waals surface area contributed by atoms with E-state index in [1.165, 1.54) is 0 Å². The summed E-state index contributed by atoms with van der Waals surface area (Å²) in [5.41, 5.74) is 5.22. The van der Waals surface area contributed by atoms with Crippen molar-refractivity contribution in [1.29, 1.82) is 0 Å². The molecule has 0 aromatic carbocycles. The van der Waals surface area contributed by atoms with E-state index < -0.39 is 0 Å². The van der Waals surface area contributed by atoms with E-state index in [9.17, 15) is 0 Å². The maximum atomic E-state index is 5.22. The van der Waals surface area contributed by atoms with Crippen molar-refractivity contribution in [3.8, 4) is 0 Å². The van der Waals surface area contributed by atoms with Crippen LogP contribution in [0, 0.1) is 0 Å². The average Bonchev–Trinajstić information content (AvgIpc) is 1.79. The van der Waals surface area contributed by atoms with Crippen LogP contribution in [0.2, 0.25) is 0 Å². The molecule has 0 aromatic heterocycles. The molecule has 12 heavy (non-hydrogen) atoms. The molecule has 3 N–H and O–H groups in total. The lowest BCUT2D eigenvalue weighted by molar-refractivity contribution is 0.400.